The Bertz CT molecular complexity index is 806. The van der Waals surface area contributed by atoms with Crippen molar-refractivity contribution < 1.29 is 0 Å². The molecule has 2 aromatic heterocycles. The van der Waals surface area contributed by atoms with E-state index in [0.717, 1.165) is 10.3 Å². The lowest BCUT2D eigenvalue weighted by molar-refractivity contribution is 0.673. The van der Waals surface area contributed by atoms with Crippen molar-refractivity contribution in [3.05, 3.63) is 57.6 Å². The highest BCUT2D eigenvalue weighted by atomic mass is 79.9. The van der Waals surface area contributed by atoms with Crippen LogP contribution in [0, 0.1) is 0 Å². The van der Waals surface area contributed by atoms with Crippen LogP contribution in [-0.2, 0) is 13.6 Å². The van der Waals surface area contributed by atoms with Gasteiger partial charge in [-0.15, -0.1) is 0 Å². The van der Waals surface area contributed by atoms with Crippen molar-refractivity contribution in [2.75, 3.05) is 0 Å². The molecule has 96 valence electrons. The van der Waals surface area contributed by atoms with Crippen molar-refractivity contribution in [1.29, 1.82) is 0 Å². The summed E-state index contributed by atoms with van der Waals surface area (Å²) in [6.07, 6.45) is 5.13. The van der Waals surface area contributed by atoms with Gasteiger partial charge in [-0.05, 0) is 18.2 Å². The Balaban J connectivity index is 2.11. The Morgan fingerprint density at radius 3 is 2.89 bits per heavy atom. The van der Waals surface area contributed by atoms with E-state index in [1.165, 1.54) is 0 Å². The van der Waals surface area contributed by atoms with E-state index in [1.807, 2.05) is 29.9 Å². The van der Waals surface area contributed by atoms with E-state index in [9.17, 15) is 4.79 Å². The SMILES string of the molecule is Cn1ccnc1Cn1cnc2cc(Br)ccc2c1=O. The fourth-order valence-electron chi connectivity index (χ4n) is 1.95. The van der Waals surface area contributed by atoms with Crippen molar-refractivity contribution >= 4 is 26.8 Å². The molecule has 0 aliphatic heterocycles. The van der Waals surface area contributed by atoms with Gasteiger partial charge in [-0.1, -0.05) is 15.9 Å². The van der Waals surface area contributed by atoms with Gasteiger partial charge in [-0.25, -0.2) is 9.97 Å². The fourth-order valence-corrected chi connectivity index (χ4v) is 2.29. The smallest absolute Gasteiger partial charge is 0.261 e. The number of aryl methyl sites for hydroxylation is 1. The first-order valence-electron chi connectivity index (χ1n) is 5.76. The summed E-state index contributed by atoms with van der Waals surface area (Å²) in [4.78, 5) is 20.9. The standard InChI is InChI=1S/C13H11BrN4O/c1-17-5-4-15-12(17)7-18-8-16-11-6-9(14)2-3-10(11)13(18)19/h2-6,8H,7H2,1H3. The third-order valence-electron chi connectivity index (χ3n) is 3.02. The maximum atomic E-state index is 12.3. The number of hydrogen-bond donors (Lipinski definition) is 0. The largest absolute Gasteiger partial charge is 0.337 e. The lowest BCUT2D eigenvalue weighted by atomic mass is 10.2. The number of nitrogens with zero attached hydrogens (tertiary/aromatic N) is 4. The van der Waals surface area contributed by atoms with Gasteiger partial charge in [0, 0.05) is 23.9 Å². The molecule has 3 aromatic rings. The molecule has 0 atom stereocenters. The molecule has 0 amide bonds. The zero-order valence-corrected chi connectivity index (χ0v) is 11.8. The highest BCUT2D eigenvalue weighted by Gasteiger charge is 2.07. The number of rotatable bonds is 2. The molecule has 0 aliphatic rings. The van der Waals surface area contributed by atoms with Crippen LogP contribution in [0.15, 0.2) is 46.2 Å². The quantitative estimate of drug-likeness (QED) is 0.725. The normalized spacial score (nSPS) is 11.1. The van der Waals surface area contributed by atoms with E-state index in [0.29, 0.717) is 17.4 Å². The molecule has 0 saturated carbocycles. The van der Waals surface area contributed by atoms with Crippen LogP contribution >= 0.6 is 15.9 Å². The molecule has 0 saturated heterocycles. The maximum Gasteiger partial charge on any atom is 0.261 e. The first-order chi connectivity index (χ1) is 9.15. The van der Waals surface area contributed by atoms with E-state index >= 15 is 0 Å². The fraction of sp³-hybridized carbons (Fsp3) is 0.154. The van der Waals surface area contributed by atoms with Gasteiger partial charge in [0.2, 0.25) is 0 Å². The molecule has 19 heavy (non-hydrogen) atoms. The first-order valence-corrected chi connectivity index (χ1v) is 6.55. The summed E-state index contributed by atoms with van der Waals surface area (Å²) < 4.78 is 4.37. The molecular formula is C13H11BrN4O. The summed E-state index contributed by atoms with van der Waals surface area (Å²) in [5.41, 5.74) is 0.635. The number of benzene rings is 1. The Hall–Kier alpha value is -1.95. The number of halogens is 1. The summed E-state index contributed by atoms with van der Waals surface area (Å²) in [5, 5.41) is 0.611. The summed E-state index contributed by atoms with van der Waals surface area (Å²) in [7, 11) is 1.90. The molecule has 0 N–H and O–H groups in total. The van der Waals surface area contributed by atoms with Gasteiger partial charge < -0.3 is 4.57 Å². The summed E-state index contributed by atoms with van der Waals surface area (Å²) >= 11 is 3.37. The van der Waals surface area contributed by atoms with E-state index in [2.05, 4.69) is 25.9 Å². The zero-order chi connectivity index (χ0) is 13.4. The van der Waals surface area contributed by atoms with Crippen LogP contribution in [0.1, 0.15) is 5.82 Å². The van der Waals surface area contributed by atoms with Crippen molar-refractivity contribution in [3.8, 4) is 0 Å². The molecular weight excluding hydrogens is 308 g/mol. The van der Waals surface area contributed by atoms with Gasteiger partial charge in [-0.2, -0.15) is 0 Å². The number of hydrogen-bond acceptors (Lipinski definition) is 3. The second kappa shape index (κ2) is 4.62. The molecule has 0 fully saturated rings. The van der Waals surface area contributed by atoms with Crippen LogP contribution < -0.4 is 5.56 Å². The monoisotopic (exact) mass is 318 g/mol. The highest BCUT2D eigenvalue weighted by molar-refractivity contribution is 9.10. The molecule has 0 spiro atoms. The minimum Gasteiger partial charge on any atom is -0.337 e. The van der Waals surface area contributed by atoms with Crippen LogP contribution in [0.2, 0.25) is 0 Å². The lowest BCUT2D eigenvalue weighted by Crippen LogP contribution is -2.22. The highest BCUT2D eigenvalue weighted by Crippen LogP contribution is 2.15. The predicted octanol–water partition coefficient (Wildman–Crippen LogP) is 1.94. The number of fused-ring (bicyclic) bond motifs is 1. The number of aromatic nitrogens is 4. The zero-order valence-electron chi connectivity index (χ0n) is 10.2. The Morgan fingerprint density at radius 1 is 1.32 bits per heavy atom. The van der Waals surface area contributed by atoms with Gasteiger partial charge in [-0.3, -0.25) is 9.36 Å². The van der Waals surface area contributed by atoms with Gasteiger partial charge in [0.15, 0.2) is 0 Å². The van der Waals surface area contributed by atoms with Crippen LogP contribution in [0.25, 0.3) is 10.9 Å². The average molecular weight is 319 g/mol. The van der Waals surface area contributed by atoms with Crippen molar-refractivity contribution in [2.45, 2.75) is 6.54 Å². The van der Waals surface area contributed by atoms with E-state index in [4.69, 9.17) is 0 Å². The topological polar surface area (TPSA) is 52.7 Å². The molecule has 2 heterocycles. The van der Waals surface area contributed by atoms with E-state index in [-0.39, 0.29) is 5.56 Å². The van der Waals surface area contributed by atoms with Gasteiger partial charge in [0.25, 0.3) is 5.56 Å². The lowest BCUT2D eigenvalue weighted by Gasteiger charge is -2.06. The molecule has 5 nitrogen and oxygen atoms in total. The van der Waals surface area contributed by atoms with Crippen LogP contribution in [0.4, 0.5) is 0 Å². The molecule has 1 aromatic carbocycles. The minimum atomic E-state index is -0.0551. The molecule has 6 heteroatoms. The first kappa shape index (κ1) is 12.1. The molecule has 0 bridgehead atoms. The van der Waals surface area contributed by atoms with E-state index in [1.54, 1.807) is 23.2 Å². The molecule has 0 aliphatic carbocycles. The Morgan fingerprint density at radius 2 is 2.16 bits per heavy atom. The van der Waals surface area contributed by atoms with Crippen LogP contribution in [0.3, 0.4) is 0 Å². The molecule has 3 rings (SSSR count). The van der Waals surface area contributed by atoms with Crippen molar-refractivity contribution in [1.82, 2.24) is 19.1 Å². The van der Waals surface area contributed by atoms with Crippen LogP contribution in [0.5, 0.6) is 0 Å². The molecule has 0 unspecified atom stereocenters. The maximum absolute atomic E-state index is 12.3. The Kier molecular flexibility index (Phi) is 2.94. The average Bonchev–Trinajstić information content (AvgIpc) is 2.78. The van der Waals surface area contributed by atoms with Crippen molar-refractivity contribution in [2.24, 2.45) is 7.05 Å². The van der Waals surface area contributed by atoms with Crippen LogP contribution in [-0.4, -0.2) is 19.1 Å². The molecule has 0 radical (unpaired) electrons. The third-order valence-corrected chi connectivity index (χ3v) is 3.51. The second-order valence-corrected chi connectivity index (χ2v) is 5.21. The van der Waals surface area contributed by atoms with E-state index < -0.39 is 0 Å². The van der Waals surface area contributed by atoms with Crippen molar-refractivity contribution in [3.63, 3.8) is 0 Å². The summed E-state index contributed by atoms with van der Waals surface area (Å²) in [6.45, 7) is 0.418. The predicted molar refractivity (Wildman–Crippen MR) is 76.0 cm³/mol. The summed E-state index contributed by atoms with van der Waals surface area (Å²) in [5.74, 6) is 0.820. The van der Waals surface area contributed by atoms with Gasteiger partial charge in [0.05, 0.1) is 23.8 Å². The third kappa shape index (κ3) is 2.19. The second-order valence-electron chi connectivity index (χ2n) is 4.29. The number of imidazole rings is 1. The summed E-state index contributed by atoms with van der Waals surface area (Å²) in [6, 6.07) is 5.46. The Labute approximate surface area is 117 Å². The minimum absolute atomic E-state index is 0.0551. The van der Waals surface area contributed by atoms with Gasteiger partial charge >= 0.3 is 0 Å². The van der Waals surface area contributed by atoms with Gasteiger partial charge in [0.1, 0.15) is 5.82 Å².